The Balaban J connectivity index is 3.05. The number of benzene rings is 1. The third kappa shape index (κ3) is 3.86. The molecule has 2 heteroatoms. The Kier molecular flexibility index (Phi) is 5.39. The second kappa shape index (κ2) is 6.58. The third-order valence-corrected chi connectivity index (χ3v) is 3.30. The van der Waals surface area contributed by atoms with Crippen LogP contribution in [0, 0.1) is 12.8 Å². The standard InChI is InChI=1S/C16H24O2/c1-11(2)6-8-15-13(4)14(10-12(3)17)7-9-16(15)18-5/h7,9,11H,6,8,10H2,1-5H3. The van der Waals surface area contributed by atoms with Crippen molar-refractivity contribution in [2.45, 2.75) is 47.0 Å². The van der Waals surface area contributed by atoms with Crippen LogP contribution in [-0.2, 0) is 17.6 Å². The summed E-state index contributed by atoms with van der Waals surface area (Å²) in [5.41, 5.74) is 3.59. The van der Waals surface area contributed by atoms with E-state index < -0.39 is 0 Å². The second-order valence-corrected chi connectivity index (χ2v) is 5.34. The maximum absolute atomic E-state index is 11.3. The molecule has 1 aromatic carbocycles. The van der Waals surface area contributed by atoms with E-state index >= 15 is 0 Å². The van der Waals surface area contributed by atoms with Crippen LogP contribution in [0.15, 0.2) is 12.1 Å². The van der Waals surface area contributed by atoms with Gasteiger partial charge in [0.05, 0.1) is 7.11 Å². The van der Waals surface area contributed by atoms with Gasteiger partial charge in [-0.15, -0.1) is 0 Å². The lowest BCUT2D eigenvalue weighted by Gasteiger charge is -2.16. The number of carbonyl (C=O) groups excluding carboxylic acids is 1. The summed E-state index contributed by atoms with van der Waals surface area (Å²) in [6.07, 6.45) is 2.67. The first-order chi connectivity index (χ1) is 8.45. The largest absolute Gasteiger partial charge is 0.496 e. The molecule has 0 unspecified atom stereocenters. The molecular formula is C16H24O2. The first-order valence-corrected chi connectivity index (χ1v) is 6.60. The molecule has 0 aliphatic carbocycles. The zero-order valence-electron chi connectivity index (χ0n) is 12.2. The van der Waals surface area contributed by atoms with E-state index in [4.69, 9.17) is 4.74 Å². The average Bonchev–Trinajstić information content (AvgIpc) is 2.29. The SMILES string of the molecule is COc1ccc(CC(C)=O)c(C)c1CCC(C)C. The van der Waals surface area contributed by atoms with Crippen molar-refractivity contribution in [3.05, 3.63) is 28.8 Å². The summed E-state index contributed by atoms with van der Waals surface area (Å²) in [7, 11) is 1.71. The lowest BCUT2D eigenvalue weighted by molar-refractivity contribution is -0.116. The first-order valence-electron chi connectivity index (χ1n) is 6.60. The van der Waals surface area contributed by atoms with E-state index in [1.54, 1.807) is 14.0 Å². The van der Waals surface area contributed by atoms with Crippen molar-refractivity contribution in [2.75, 3.05) is 7.11 Å². The zero-order chi connectivity index (χ0) is 13.7. The monoisotopic (exact) mass is 248 g/mol. The molecule has 0 aliphatic heterocycles. The normalized spacial score (nSPS) is 10.8. The summed E-state index contributed by atoms with van der Waals surface area (Å²) in [6, 6.07) is 4.00. The molecule has 0 bridgehead atoms. The van der Waals surface area contributed by atoms with Crippen LogP contribution in [0.3, 0.4) is 0 Å². The van der Waals surface area contributed by atoms with E-state index in [2.05, 4.69) is 20.8 Å². The van der Waals surface area contributed by atoms with Crippen LogP contribution in [0.4, 0.5) is 0 Å². The molecule has 0 N–H and O–H groups in total. The number of hydrogen-bond acceptors (Lipinski definition) is 2. The predicted octanol–water partition coefficient (Wildman–Crippen LogP) is 3.72. The van der Waals surface area contributed by atoms with Crippen molar-refractivity contribution in [1.82, 2.24) is 0 Å². The molecule has 0 spiro atoms. The number of carbonyl (C=O) groups is 1. The predicted molar refractivity (Wildman–Crippen MR) is 75.3 cm³/mol. The van der Waals surface area contributed by atoms with Gasteiger partial charge in [0, 0.05) is 6.42 Å². The third-order valence-electron chi connectivity index (χ3n) is 3.30. The van der Waals surface area contributed by atoms with Crippen LogP contribution in [0.1, 0.15) is 43.9 Å². The van der Waals surface area contributed by atoms with E-state index in [0.29, 0.717) is 12.3 Å². The highest BCUT2D eigenvalue weighted by atomic mass is 16.5. The number of ketones is 1. The molecule has 1 rings (SSSR count). The Morgan fingerprint density at radius 3 is 2.50 bits per heavy atom. The number of Topliss-reactive ketones (excluding diaryl/α,β-unsaturated/α-hetero) is 1. The Morgan fingerprint density at radius 1 is 1.33 bits per heavy atom. The van der Waals surface area contributed by atoms with Crippen molar-refractivity contribution in [2.24, 2.45) is 5.92 Å². The fourth-order valence-corrected chi connectivity index (χ4v) is 2.18. The van der Waals surface area contributed by atoms with E-state index in [1.807, 2.05) is 12.1 Å². The number of rotatable bonds is 6. The molecule has 0 aliphatic rings. The highest BCUT2D eigenvalue weighted by Crippen LogP contribution is 2.27. The van der Waals surface area contributed by atoms with E-state index in [-0.39, 0.29) is 5.78 Å². The van der Waals surface area contributed by atoms with Gasteiger partial charge in [0.2, 0.25) is 0 Å². The minimum absolute atomic E-state index is 0.207. The van der Waals surface area contributed by atoms with Crippen LogP contribution in [0.25, 0.3) is 0 Å². The Bertz CT molecular complexity index is 419. The maximum Gasteiger partial charge on any atom is 0.134 e. The highest BCUT2D eigenvalue weighted by Gasteiger charge is 2.12. The molecule has 2 nitrogen and oxygen atoms in total. The van der Waals surface area contributed by atoms with Crippen LogP contribution < -0.4 is 4.74 Å². The number of ether oxygens (including phenoxy) is 1. The quantitative estimate of drug-likeness (QED) is 0.767. The lowest BCUT2D eigenvalue weighted by Crippen LogP contribution is -2.04. The number of hydrogen-bond donors (Lipinski definition) is 0. The average molecular weight is 248 g/mol. The molecule has 0 aromatic heterocycles. The molecule has 1 aromatic rings. The summed E-state index contributed by atoms with van der Waals surface area (Å²) < 4.78 is 5.43. The van der Waals surface area contributed by atoms with Gasteiger partial charge in [0.1, 0.15) is 11.5 Å². The minimum Gasteiger partial charge on any atom is -0.496 e. The first kappa shape index (κ1) is 14.7. The van der Waals surface area contributed by atoms with Crippen molar-refractivity contribution in [1.29, 1.82) is 0 Å². The Labute approximate surface area is 110 Å². The van der Waals surface area contributed by atoms with E-state index in [9.17, 15) is 4.79 Å². The lowest BCUT2D eigenvalue weighted by atomic mass is 9.93. The number of methoxy groups -OCH3 is 1. The smallest absolute Gasteiger partial charge is 0.134 e. The van der Waals surface area contributed by atoms with Gasteiger partial charge in [-0.3, -0.25) is 4.79 Å². The zero-order valence-corrected chi connectivity index (χ0v) is 12.2. The molecule has 0 saturated heterocycles. The van der Waals surface area contributed by atoms with Gasteiger partial charge in [-0.05, 0) is 55.4 Å². The molecule has 0 heterocycles. The minimum atomic E-state index is 0.207. The van der Waals surface area contributed by atoms with E-state index in [0.717, 1.165) is 24.2 Å². The van der Waals surface area contributed by atoms with Crippen LogP contribution in [0.2, 0.25) is 0 Å². The highest BCUT2D eigenvalue weighted by molar-refractivity contribution is 5.78. The summed E-state index contributed by atoms with van der Waals surface area (Å²) in [4.78, 5) is 11.3. The van der Waals surface area contributed by atoms with Crippen molar-refractivity contribution in [3.63, 3.8) is 0 Å². The van der Waals surface area contributed by atoms with Gasteiger partial charge in [0.15, 0.2) is 0 Å². The van der Waals surface area contributed by atoms with Gasteiger partial charge in [-0.2, -0.15) is 0 Å². The summed E-state index contributed by atoms with van der Waals surface area (Å²) >= 11 is 0. The molecule has 0 fully saturated rings. The van der Waals surface area contributed by atoms with Crippen molar-refractivity contribution >= 4 is 5.78 Å². The topological polar surface area (TPSA) is 26.3 Å². The van der Waals surface area contributed by atoms with Gasteiger partial charge >= 0.3 is 0 Å². The fraction of sp³-hybridized carbons (Fsp3) is 0.562. The van der Waals surface area contributed by atoms with Crippen LogP contribution >= 0.6 is 0 Å². The van der Waals surface area contributed by atoms with E-state index in [1.165, 1.54) is 11.1 Å². The maximum atomic E-state index is 11.3. The summed E-state index contributed by atoms with van der Waals surface area (Å²) in [5.74, 6) is 1.82. The molecular weight excluding hydrogens is 224 g/mol. The second-order valence-electron chi connectivity index (χ2n) is 5.34. The summed E-state index contributed by atoms with van der Waals surface area (Å²) in [5, 5.41) is 0. The molecule has 0 amide bonds. The Morgan fingerprint density at radius 2 is 2.00 bits per heavy atom. The Hall–Kier alpha value is -1.31. The molecule has 0 atom stereocenters. The molecule has 0 saturated carbocycles. The molecule has 100 valence electrons. The van der Waals surface area contributed by atoms with Crippen molar-refractivity contribution in [3.8, 4) is 5.75 Å². The fourth-order valence-electron chi connectivity index (χ4n) is 2.18. The molecule has 18 heavy (non-hydrogen) atoms. The van der Waals surface area contributed by atoms with Gasteiger partial charge < -0.3 is 4.74 Å². The van der Waals surface area contributed by atoms with Crippen LogP contribution in [0.5, 0.6) is 5.75 Å². The summed E-state index contributed by atoms with van der Waals surface area (Å²) in [6.45, 7) is 8.18. The van der Waals surface area contributed by atoms with Gasteiger partial charge in [0.25, 0.3) is 0 Å². The van der Waals surface area contributed by atoms with Crippen molar-refractivity contribution < 1.29 is 9.53 Å². The van der Waals surface area contributed by atoms with Gasteiger partial charge in [-0.25, -0.2) is 0 Å². The molecule has 0 radical (unpaired) electrons. The van der Waals surface area contributed by atoms with Gasteiger partial charge in [-0.1, -0.05) is 19.9 Å². The van der Waals surface area contributed by atoms with Crippen LogP contribution in [-0.4, -0.2) is 12.9 Å².